The fourth-order valence-electron chi connectivity index (χ4n) is 3.34. The van der Waals surface area contributed by atoms with Gasteiger partial charge in [0, 0.05) is 10.0 Å². The highest BCUT2D eigenvalue weighted by atomic mass is 79.9. The molecule has 33 heavy (non-hydrogen) atoms. The van der Waals surface area contributed by atoms with Crippen LogP contribution in [0.25, 0.3) is 16.8 Å². The number of carbonyl (C=O) groups is 1. The summed E-state index contributed by atoms with van der Waals surface area (Å²) in [6, 6.07) is 28.3. The van der Waals surface area contributed by atoms with Crippen LogP contribution in [0.4, 0.5) is 5.69 Å². The Balaban J connectivity index is 1.70. The molecule has 0 bridgehead atoms. The maximum absolute atomic E-state index is 12.9. The lowest BCUT2D eigenvalue weighted by atomic mass is 10.0. The molecule has 0 heterocycles. The zero-order chi connectivity index (χ0) is 23.2. The average molecular weight is 518 g/mol. The number of anilines is 1. The highest BCUT2D eigenvalue weighted by Crippen LogP contribution is 2.31. The van der Waals surface area contributed by atoms with Crippen LogP contribution in [0.15, 0.2) is 95.0 Å². The topological polar surface area (TPSA) is 62.1 Å². The molecule has 0 saturated carbocycles. The van der Waals surface area contributed by atoms with E-state index in [1.54, 1.807) is 30.3 Å². The molecule has 4 aromatic carbocycles. The Morgan fingerprint density at radius 1 is 1.00 bits per heavy atom. The zero-order valence-electron chi connectivity index (χ0n) is 17.4. The molecule has 0 aliphatic rings. The van der Waals surface area contributed by atoms with Gasteiger partial charge in [-0.15, -0.1) is 0 Å². The number of ether oxygens (including phenoxy) is 1. The first-order valence-corrected chi connectivity index (χ1v) is 11.3. The van der Waals surface area contributed by atoms with Crippen LogP contribution in [0.5, 0.6) is 5.75 Å². The number of carbonyl (C=O) groups excluding carboxylic acids is 1. The molecule has 1 N–H and O–H groups in total. The van der Waals surface area contributed by atoms with Gasteiger partial charge in [0.25, 0.3) is 5.91 Å². The van der Waals surface area contributed by atoms with E-state index in [-0.39, 0.29) is 5.57 Å². The predicted molar refractivity (Wildman–Crippen MR) is 136 cm³/mol. The van der Waals surface area contributed by atoms with E-state index in [0.717, 1.165) is 20.8 Å². The Hall–Kier alpha value is -3.59. The van der Waals surface area contributed by atoms with Crippen molar-refractivity contribution in [3.05, 3.63) is 111 Å². The zero-order valence-corrected chi connectivity index (χ0v) is 19.7. The van der Waals surface area contributed by atoms with Gasteiger partial charge in [-0.05, 0) is 52.7 Å². The van der Waals surface area contributed by atoms with Crippen molar-refractivity contribution in [3.63, 3.8) is 0 Å². The van der Waals surface area contributed by atoms with Crippen molar-refractivity contribution in [3.8, 4) is 11.8 Å². The summed E-state index contributed by atoms with van der Waals surface area (Å²) in [5.41, 5.74) is 2.05. The minimum Gasteiger partial charge on any atom is -0.488 e. The highest BCUT2D eigenvalue weighted by Gasteiger charge is 2.15. The third-order valence-corrected chi connectivity index (χ3v) is 5.87. The Morgan fingerprint density at radius 3 is 2.48 bits per heavy atom. The Kier molecular flexibility index (Phi) is 7.09. The number of benzene rings is 4. The number of halogens is 2. The number of nitrogens with one attached hydrogen (secondary N) is 1. The molecule has 0 atom stereocenters. The van der Waals surface area contributed by atoms with E-state index < -0.39 is 5.91 Å². The lowest BCUT2D eigenvalue weighted by molar-refractivity contribution is -0.112. The van der Waals surface area contributed by atoms with Gasteiger partial charge in [0.2, 0.25) is 0 Å². The maximum atomic E-state index is 12.9. The van der Waals surface area contributed by atoms with Crippen LogP contribution in [-0.4, -0.2) is 5.91 Å². The molecule has 0 fully saturated rings. The lowest BCUT2D eigenvalue weighted by Crippen LogP contribution is -2.13. The number of hydrogen-bond donors (Lipinski definition) is 1. The van der Waals surface area contributed by atoms with Crippen molar-refractivity contribution in [2.75, 3.05) is 5.32 Å². The van der Waals surface area contributed by atoms with E-state index in [4.69, 9.17) is 16.3 Å². The first-order chi connectivity index (χ1) is 16.0. The fraction of sp³-hybridized carbons (Fsp3) is 0.0370. The van der Waals surface area contributed by atoms with E-state index in [0.29, 0.717) is 28.6 Å². The van der Waals surface area contributed by atoms with E-state index in [9.17, 15) is 10.1 Å². The number of para-hydroxylation sites is 1. The Bertz CT molecular complexity index is 1390. The van der Waals surface area contributed by atoms with Crippen LogP contribution in [0.1, 0.15) is 11.1 Å². The highest BCUT2D eigenvalue weighted by molar-refractivity contribution is 9.10. The average Bonchev–Trinajstić information content (AvgIpc) is 2.84. The van der Waals surface area contributed by atoms with Crippen LogP contribution >= 0.6 is 27.5 Å². The van der Waals surface area contributed by atoms with Gasteiger partial charge in [0.05, 0.1) is 10.7 Å². The molecule has 4 aromatic rings. The van der Waals surface area contributed by atoms with Crippen LogP contribution in [-0.2, 0) is 11.4 Å². The normalized spacial score (nSPS) is 11.1. The predicted octanol–water partition coefficient (Wildman–Crippen LogP) is 7.38. The van der Waals surface area contributed by atoms with Gasteiger partial charge in [-0.3, -0.25) is 4.79 Å². The summed E-state index contributed by atoms with van der Waals surface area (Å²) < 4.78 is 7.10. The van der Waals surface area contributed by atoms with E-state index in [2.05, 4.69) is 21.2 Å². The number of nitrogens with zero attached hydrogens (tertiary/aromatic N) is 1. The van der Waals surface area contributed by atoms with Crippen LogP contribution in [0, 0.1) is 11.3 Å². The lowest BCUT2D eigenvalue weighted by Gasteiger charge is -2.13. The minimum absolute atomic E-state index is 0.0558. The summed E-state index contributed by atoms with van der Waals surface area (Å²) in [5, 5.41) is 14.7. The molecule has 0 spiro atoms. The Labute approximate surface area is 205 Å². The molecule has 0 radical (unpaired) electrons. The smallest absolute Gasteiger partial charge is 0.266 e. The van der Waals surface area contributed by atoms with Crippen molar-refractivity contribution in [1.82, 2.24) is 0 Å². The second-order valence-corrected chi connectivity index (χ2v) is 8.54. The molecular formula is C27H18BrClN2O2. The van der Waals surface area contributed by atoms with E-state index >= 15 is 0 Å². The molecule has 4 rings (SSSR count). The third-order valence-electron chi connectivity index (χ3n) is 5.01. The summed E-state index contributed by atoms with van der Waals surface area (Å²) in [7, 11) is 0. The number of fused-ring (bicyclic) bond motifs is 1. The molecule has 4 nitrogen and oxygen atoms in total. The minimum atomic E-state index is -0.544. The maximum Gasteiger partial charge on any atom is 0.266 e. The SMILES string of the molecule is N#CC(=Cc1c(OCc2ccc(Br)cc2)ccc2ccccc12)C(=O)Nc1ccccc1Cl. The van der Waals surface area contributed by atoms with Crippen LogP contribution < -0.4 is 10.1 Å². The molecule has 6 heteroatoms. The van der Waals surface area contributed by atoms with Crippen molar-refractivity contribution in [2.45, 2.75) is 6.61 Å². The van der Waals surface area contributed by atoms with Gasteiger partial charge >= 0.3 is 0 Å². The van der Waals surface area contributed by atoms with Crippen LogP contribution in [0.2, 0.25) is 5.02 Å². The summed E-state index contributed by atoms with van der Waals surface area (Å²) in [5.74, 6) is 0.0345. The number of rotatable bonds is 6. The molecule has 0 aliphatic carbocycles. The molecular weight excluding hydrogens is 500 g/mol. The molecule has 0 aliphatic heterocycles. The number of nitriles is 1. The Morgan fingerprint density at radius 2 is 1.73 bits per heavy atom. The van der Waals surface area contributed by atoms with Gasteiger partial charge in [0.1, 0.15) is 24.0 Å². The van der Waals surface area contributed by atoms with E-state index in [1.807, 2.05) is 66.7 Å². The van der Waals surface area contributed by atoms with Crippen LogP contribution in [0.3, 0.4) is 0 Å². The molecule has 1 amide bonds. The summed E-state index contributed by atoms with van der Waals surface area (Å²) in [6.07, 6.45) is 1.56. The second kappa shape index (κ2) is 10.4. The van der Waals surface area contributed by atoms with Gasteiger partial charge in [-0.25, -0.2) is 0 Å². The summed E-state index contributed by atoms with van der Waals surface area (Å²) in [4.78, 5) is 12.9. The number of amides is 1. The quantitative estimate of drug-likeness (QED) is 0.214. The van der Waals surface area contributed by atoms with Gasteiger partial charge in [-0.2, -0.15) is 5.26 Å². The van der Waals surface area contributed by atoms with Gasteiger partial charge in [0.15, 0.2) is 0 Å². The number of hydrogen-bond acceptors (Lipinski definition) is 3. The second-order valence-electron chi connectivity index (χ2n) is 7.22. The first-order valence-electron chi connectivity index (χ1n) is 10.1. The van der Waals surface area contributed by atoms with Crippen molar-refractivity contribution in [1.29, 1.82) is 5.26 Å². The monoisotopic (exact) mass is 516 g/mol. The standard InChI is InChI=1S/C27H18BrClN2O2/c28-21-12-9-18(10-13-21)17-33-26-14-11-19-5-1-2-6-22(19)23(26)15-20(16-30)27(32)31-25-8-4-3-7-24(25)29/h1-15H,17H2,(H,31,32). The largest absolute Gasteiger partial charge is 0.488 e. The van der Waals surface area contributed by atoms with Gasteiger partial charge in [-0.1, -0.05) is 82.1 Å². The van der Waals surface area contributed by atoms with Crippen molar-refractivity contribution < 1.29 is 9.53 Å². The summed E-state index contributed by atoms with van der Waals surface area (Å²) >= 11 is 9.58. The van der Waals surface area contributed by atoms with Gasteiger partial charge < -0.3 is 10.1 Å². The van der Waals surface area contributed by atoms with E-state index in [1.165, 1.54) is 0 Å². The van der Waals surface area contributed by atoms with Crippen molar-refractivity contribution >= 4 is 56.0 Å². The first kappa shape index (κ1) is 22.6. The summed E-state index contributed by atoms with van der Waals surface area (Å²) in [6.45, 7) is 0.347. The molecule has 162 valence electrons. The molecule has 0 saturated heterocycles. The molecule has 0 unspecified atom stereocenters. The molecule has 0 aromatic heterocycles. The fourth-order valence-corrected chi connectivity index (χ4v) is 3.78. The van der Waals surface area contributed by atoms with Crippen molar-refractivity contribution in [2.24, 2.45) is 0 Å². The third kappa shape index (κ3) is 5.43.